The van der Waals surface area contributed by atoms with E-state index in [-0.39, 0.29) is 5.91 Å². The number of nitrogens with one attached hydrogen (secondary N) is 1. The summed E-state index contributed by atoms with van der Waals surface area (Å²) < 4.78 is 0. The molecule has 1 aromatic carbocycles. The molecule has 5 nitrogen and oxygen atoms in total. The van der Waals surface area contributed by atoms with Gasteiger partial charge in [-0.25, -0.2) is 5.84 Å². The molecular weight excluding hydrogens is 264 g/mol. The van der Waals surface area contributed by atoms with Crippen LogP contribution in [0, 0.1) is 0 Å². The van der Waals surface area contributed by atoms with E-state index in [1.165, 1.54) is 31.5 Å². The summed E-state index contributed by atoms with van der Waals surface area (Å²) in [6, 6.07) is 8.07. The maximum Gasteiger partial charge on any atom is 0.238 e. The van der Waals surface area contributed by atoms with E-state index in [2.05, 4.69) is 28.3 Å². The van der Waals surface area contributed by atoms with Crippen LogP contribution in [0.5, 0.6) is 0 Å². The highest BCUT2D eigenvalue weighted by atomic mass is 16.2. The molecule has 0 bridgehead atoms. The van der Waals surface area contributed by atoms with Gasteiger partial charge in [0.15, 0.2) is 0 Å². The van der Waals surface area contributed by atoms with Crippen molar-refractivity contribution >= 4 is 5.91 Å². The Bertz CT molecular complexity index is 457. The average molecular weight is 290 g/mol. The third-order valence-electron chi connectivity index (χ3n) is 4.07. The van der Waals surface area contributed by atoms with Crippen LogP contribution in [0.1, 0.15) is 24.0 Å². The molecule has 0 atom stereocenters. The first-order valence-corrected chi connectivity index (χ1v) is 7.66. The van der Waals surface area contributed by atoms with Crippen LogP contribution in [0.3, 0.4) is 0 Å². The Balaban J connectivity index is 1.87. The van der Waals surface area contributed by atoms with Crippen LogP contribution in [0.4, 0.5) is 0 Å². The molecule has 1 heterocycles. The third kappa shape index (κ3) is 5.12. The standard InChI is InChI=1S/C16H26N4O/c1-19(10-11-20-8-4-5-9-20)13-15-7-3-2-6-14(15)12-16(21)18-17/h2-3,6-7H,4-5,8-13,17H2,1H3,(H,18,21). The van der Waals surface area contributed by atoms with Crippen molar-refractivity contribution in [3.05, 3.63) is 35.4 Å². The summed E-state index contributed by atoms with van der Waals surface area (Å²) in [5, 5.41) is 0. The Morgan fingerprint density at radius 3 is 2.62 bits per heavy atom. The highest BCUT2D eigenvalue weighted by Crippen LogP contribution is 2.12. The van der Waals surface area contributed by atoms with Gasteiger partial charge in [-0.1, -0.05) is 24.3 Å². The molecule has 0 spiro atoms. The first kappa shape index (κ1) is 15.9. The predicted molar refractivity (Wildman–Crippen MR) is 84.5 cm³/mol. The summed E-state index contributed by atoms with van der Waals surface area (Å²) in [5.74, 6) is 5.02. The van der Waals surface area contributed by atoms with Crippen LogP contribution in [-0.4, -0.2) is 48.9 Å². The van der Waals surface area contributed by atoms with Crippen LogP contribution in [0.25, 0.3) is 0 Å². The van der Waals surface area contributed by atoms with E-state index >= 15 is 0 Å². The topological polar surface area (TPSA) is 61.6 Å². The minimum absolute atomic E-state index is 0.151. The number of carbonyl (C=O) groups is 1. The van der Waals surface area contributed by atoms with Crippen molar-refractivity contribution in [2.75, 3.05) is 33.2 Å². The van der Waals surface area contributed by atoms with Crippen molar-refractivity contribution in [3.8, 4) is 0 Å². The van der Waals surface area contributed by atoms with Gasteiger partial charge in [0.05, 0.1) is 6.42 Å². The molecule has 21 heavy (non-hydrogen) atoms. The quantitative estimate of drug-likeness (QED) is 0.442. The molecule has 1 aromatic rings. The molecule has 0 unspecified atom stereocenters. The van der Waals surface area contributed by atoms with Gasteiger partial charge in [-0.2, -0.15) is 0 Å². The molecule has 0 aromatic heterocycles. The molecule has 1 aliphatic rings. The van der Waals surface area contributed by atoms with Gasteiger partial charge in [0, 0.05) is 19.6 Å². The fourth-order valence-corrected chi connectivity index (χ4v) is 2.80. The number of likely N-dealkylation sites (N-methyl/N-ethyl adjacent to an activating group) is 1. The van der Waals surface area contributed by atoms with E-state index in [0.717, 1.165) is 25.2 Å². The summed E-state index contributed by atoms with van der Waals surface area (Å²) >= 11 is 0. The third-order valence-corrected chi connectivity index (χ3v) is 4.07. The van der Waals surface area contributed by atoms with Crippen LogP contribution >= 0.6 is 0 Å². The maximum absolute atomic E-state index is 11.5. The lowest BCUT2D eigenvalue weighted by Crippen LogP contribution is -2.33. The maximum atomic E-state index is 11.5. The van der Waals surface area contributed by atoms with Crippen molar-refractivity contribution in [3.63, 3.8) is 0 Å². The van der Waals surface area contributed by atoms with Crippen LogP contribution in [0.15, 0.2) is 24.3 Å². The van der Waals surface area contributed by atoms with Gasteiger partial charge in [0.25, 0.3) is 0 Å². The van der Waals surface area contributed by atoms with Crippen LogP contribution < -0.4 is 11.3 Å². The molecule has 2 rings (SSSR count). The van der Waals surface area contributed by atoms with Gasteiger partial charge in [-0.15, -0.1) is 0 Å². The molecule has 0 aliphatic carbocycles. The normalized spacial score (nSPS) is 15.6. The van der Waals surface area contributed by atoms with E-state index in [9.17, 15) is 4.79 Å². The van der Waals surface area contributed by atoms with Gasteiger partial charge in [0.2, 0.25) is 5.91 Å². The van der Waals surface area contributed by atoms with Crippen molar-refractivity contribution in [1.82, 2.24) is 15.2 Å². The van der Waals surface area contributed by atoms with Crippen molar-refractivity contribution < 1.29 is 4.79 Å². The molecule has 3 N–H and O–H groups in total. The van der Waals surface area contributed by atoms with E-state index in [0.29, 0.717) is 6.42 Å². The van der Waals surface area contributed by atoms with Crippen molar-refractivity contribution in [1.29, 1.82) is 0 Å². The number of amides is 1. The molecule has 1 aliphatic heterocycles. The largest absolute Gasteiger partial charge is 0.302 e. The smallest absolute Gasteiger partial charge is 0.238 e. The Morgan fingerprint density at radius 1 is 1.29 bits per heavy atom. The molecule has 1 amide bonds. The highest BCUT2D eigenvalue weighted by Gasteiger charge is 2.13. The Morgan fingerprint density at radius 2 is 1.95 bits per heavy atom. The summed E-state index contributed by atoms with van der Waals surface area (Å²) in [6.07, 6.45) is 3.01. The number of nitrogens with zero attached hydrogens (tertiary/aromatic N) is 2. The summed E-state index contributed by atoms with van der Waals surface area (Å²) in [5.41, 5.74) is 4.45. The fourth-order valence-electron chi connectivity index (χ4n) is 2.80. The molecule has 116 valence electrons. The molecule has 0 radical (unpaired) electrons. The zero-order valence-corrected chi connectivity index (χ0v) is 12.8. The number of rotatable bonds is 7. The Kier molecular flexibility index (Phi) is 6.17. The SMILES string of the molecule is CN(CCN1CCCC1)Cc1ccccc1CC(=O)NN. The van der Waals surface area contributed by atoms with Gasteiger partial charge in [-0.3, -0.25) is 10.2 Å². The molecule has 5 heteroatoms. The highest BCUT2D eigenvalue weighted by molar-refractivity contribution is 5.78. The van der Waals surface area contributed by atoms with Gasteiger partial charge in [-0.05, 0) is 44.1 Å². The molecule has 0 saturated carbocycles. The lowest BCUT2D eigenvalue weighted by Gasteiger charge is -2.22. The van der Waals surface area contributed by atoms with Crippen LogP contribution in [-0.2, 0) is 17.8 Å². The minimum atomic E-state index is -0.151. The van der Waals surface area contributed by atoms with Crippen molar-refractivity contribution in [2.45, 2.75) is 25.8 Å². The number of carbonyl (C=O) groups excluding carboxylic acids is 1. The molecule has 1 fully saturated rings. The summed E-state index contributed by atoms with van der Waals surface area (Å²) in [6.45, 7) is 5.52. The Labute approximate surface area is 127 Å². The number of hydrogen-bond donors (Lipinski definition) is 2. The van der Waals surface area contributed by atoms with E-state index < -0.39 is 0 Å². The lowest BCUT2D eigenvalue weighted by molar-refractivity contribution is -0.120. The Hall–Kier alpha value is -1.43. The van der Waals surface area contributed by atoms with E-state index in [1.807, 2.05) is 18.2 Å². The van der Waals surface area contributed by atoms with E-state index in [4.69, 9.17) is 5.84 Å². The second-order valence-corrected chi connectivity index (χ2v) is 5.80. The fraction of sp³-hybridized carbons (Fsp3) is 0.562. The van der Waals surface area contributed by atoms with Crippen molar-refractivity contribution in [2.24, 2.45) is 5.84 Å². The average Bonchev–Trinajstić information content (AvgIpc) is 3.00. The summed E-state index contributed by atoms with van der Waals surface area (Å²) in [4.78, 5) is 16.3. The number of hydrogen-bond acceptors (Lipinski definition) is 4. The molecular formula is C16H26N4O. The first-order chi connectivity index (χ1) is 10.2. The van der Waals surface area contributed by atoms with Gasteiger partial charge < -0.3 is 9.80 Å². The lowest BCUT2D eigenvalue weighted by atomic mass is 10.0. The van der Waals surface area contributed by atoms with Gasteiger partial charge in [0.1, 0.15) is 0 Å². The second kappa shape index (κ2) is 8.12. The van der Waals surface area contributed by atoms with Gasteiger partial charge >= 0.3 is 0 Å². The predicted octanol–water partition coefficient (Wildman–Crippen LogP) is 0.747. The number of benzene rings is 1. The second-order valence-electron chi connectivity index (χ2n) is 5.80. The zero-order valence-electron chi connectivity index (χ0n) is 12.8. The first-order valence-electron chi connectivity index (χ1n) is 7.66. The number of hydrazine groups is 1. The summed E-state index contributed by atoms with van der Waals surface area (Å²) in [7, 11) is 2.13. The van der Waals surface area contributed by atoms with E-state index in [1.54, 1.807) is 0 Å². The molecule has 1 saturated heterocycles. The van der Waals surface area contributed by atoms with Crippen LogP contribution in [0.2, 0.25) is 0 Å². The number of likely N-dealkylation sites (tertiary alicyclic amines) is 1. The minimum Gasteiger partial charge on any atom is -0.302 e. The number of nitrogens with two attached hydrogens (primary N) is 1. The zero-order chi connectivity index (χ0) is 15.1. The monoisotopic (exact) mass is 290 g/mol.